The zero-order chi connectivity index (χ0) is 14.0. The summed E-state index contributed by atoms with van der Waals surface area (Å²) in [6.07, 6.45) is 3.29. The SMILES string of the molecule is CCc1ccc(-c2ncc(S(C)(=O)=O)c(N)n2)cc1. The van der Waals surface area contributed by atoms with Crippen LogP contribution in [-0.4, -0.2) is 24.6 Å². The molecule has 5 nitrogen and oxygen atoms in total. The molecule has 0 atom stereocenters. The van der Waals surface area contributed by atoms with Gasteiger partial charge in [0.05, 0.1) is 6.20 Å². The van der Waals surface area contributed by atoms with Gasteiger partial charge in [-0.2, -0.15) is 0 Å². The van der Waals surface area contributed by atoms with Crippen molar-refractivity contribution in [1.29, 1.82) is 0 Å². The predicted octanol–water partition coefficient (Wildman–Crippen LogP) is 1.69. The van der Waals surface area contributed by atoms with Gasteiger partial charge in [0, 0.05) is 11.8 Å². The van der Waals surface area contributed by atoms with Crippen LogP contribution in [0.25, 0.3) is 11.4 Å². The molecule has 19 heavy (non-hydrogen) atoms. The Hall–Kier alpha value is -1.95. The highest BCUT2D eigenvalue weighted by atomic mass is 32.2. The first kappa shape index (κ1) is 13.5. The second-order valence-corrected chi connectivity index (χ2v) is 6.25. The van der Waals surface area contributed by atoms with Gasteiger partial charge in [-0.25, -0.2) is 18.4 Å². The van der Waals surface area contributed by atoms with E-state index in [1.807, 2.05) is 24.3 Å². The van der Waals surface area contributed by atoms with E-state index in [2.05, 4.69) is 16.9 Å². The van der Waals surface area contributed by atoms with E-state index in [0.29, 0.717) is 5.82 Å². The Morgan fingerprint density at radius 3 is 2.32 bits per heavy atom. The molecule has 0 aliphatic heterocycles. The number of aryl methyl sites for hydroxylation is 1. The minimum Gasteiger partial charge on any atom is -0.382 e. The van der Waals surface area contributed by atoms with Crippen LogP contribution in [-0.2, 0) is 16.3 Å². The van der Waals surface area contributed by atoms with Gasteiger partial charge in [-0.05, 0) is 12.0 Å². The maximum absolute atomic E-state index is 11.4. The fourth-order valence-corrected chi connectivity index (χ4v) is 2.37. The Morgan fingerprint density at radius 1 is 1.21 bits per heavy atom. The topological polar surface area (TPSA) is 85.9 Å². The van der Waals surface area contributed by atoms with E-state index in [9.17, 15) is 8.42 Å². The Morgan fingerprint density at radius 2 is 1.84 bits per heavy atom. The Kier molecular flexibility index (Phi) is 3.53. The molecule has 1 aromatic heterocycles. The molecule has 0 saturated heterocycles. The van der Waals surface area contributed by atoms with Gasteiger partial charge < -0.3 is 5.73 Å². The molecule has 0 fully saturated rings. The summed E-state index contributed by atoms with van der Waals surface area (Å²) in [6, 6.07) is 7.76. The van der Waals surface area contributed by atoms with E-state index in [1.165, 1.54) is 11.8 Å². The van der Waals surface area contributed by atoms with Gasteiger partial charge in [-0.3, -0.25) is 0 Å². The highest BCUT2D eigenvalue weighted by molar-refractivity contribution is 7.90. The van der Waals surface area contributed by atoms with E-state index >= 15 is 0 Å². The lowest BCUT2D eigenvalue weighted by atomic mass is 10.1. The standard InChI is InChI=1S/C13H15N3O2S/c1-3-9-4-6-10(7-5-9)13-15-8-11(12(14)16-13)19(2,17)18/h4-8H,3H2,1-2H3,(H2,14,15,16). The summed E-state index contributed by atoms with van der Waals surface area (Å²) in [6.45, 7) is 2.07. The van der Waals surface area contributed by atoms with Crippen LogP contribution in [0.2, 0.25) is 0 Å². The third-order valence-corrected chi connectivity index (χ3v) is 3.92. The number of nitrogens with zero attached hydrogens (tertiary/aromatic N) is 2. The molecule has 2 aromatic rings. The highest BCUT2D eigenvalue weighted by Crippen LogP contribution is 2.20. The predicted molar refractivity (Wildman–Crippen MR) is 74.4 cm³/mol. The van der Waals surface area contributed by atoms with Gasteiger partial charge in [0.2, 0.25) is 0 Å². The van der Waals surface area contributed by atoms with Crippen molar-refractivity contribution < 1.29 is 8.42 Å². The molecule has 2 N–H and O–H groups in total. The van der Waals surface area contributed by atoms with Crippen molar-refractivity contribution in [2.45, 2.75) is 18.2 Å². The molecule has 0 amide bonds. The number of aromatic nitrogens is 2. The van der Waals surface area contributed by atoms with E-state index in [-0.39, 0.29) is 10.7 Å². The second-order valence-electron chi connectivity index (χ2n) is 4.27. The summed E-state index contributed by atoms with van der Waals surface area (Å²) in [5.41, 5.74) is 7.69. The number of rotatable bonds is 3. The molecule has 0 unspecified atom stereocenters. The molecule has 0 aliphatic rings. The minimum atomic E-state index is -3.39. The third-order valence-electron chi connectivity index (χ3n) is 2.80. The molecule has 0 bridgehead atoms. The van der Waals surface area contributed by atoms with Crippen LogP contribution in [0.15, 0.2) is 35.4 Å². The zero-order valence-electron chi connectivity index (χ0n) is 10.8. The van der Waals surface area contributed by atoms with Crippen LogP contribution in [0, 0.1) is 0 Å². The number of nitrogens with two attached hydrogens (primary N) is 1. The Labute approximate surface area is 112 Å². The summed E-state index contributed by atoms with van der Waals surface area (Å²) in [5, 5.41) is 0. The molecule has 6 heteroatoms. The van der Waals surface area contributed by atoms with Crippen molar-refractivity contribution in [3.05, 3.63) is 36.0 Å². The molecular weight excluding hydrogens is 262 g/mol. The first-order valence-corrected chi connectivity index (χ1v) is 7.73. The van der Waals surface area contributed by atoms with Crippen molar-refractivity contribution in [1.82, 2.24) is 9.97 Å². The lowest BCUT2D eigenvalue weighted by Crippen LogP contribution is -2.06. The minimum absolute atomic E-state index is 0.0212. The summed E-state index contributed by atoms with van der Waals surface area (Å²) in [5.74, 6) is 0.402. The molecule has 0 aliphatic carbocycles. The molecule has 0 radical (unpaired) electrons. The van der Waals surface area contributed by atoms with Crippen LogP contribution in [0.3, 0.4) is 0 Å². The van der Waals surface area contributed by atoms with E-state index in [4.69, 9.17) is 5.73 Å². The van der Waals surface area contributed by atoms with Gasteiger partial charge in [0.1, 0.15) is 10.7 Å². The largest absolute Gasteiger partial charge is 0.382 e. The van der Waals surface area contributed by atoms with E-state index in [1.54, 1.807) is 0 Å². The Bertz CT molecular complexity index is 694. The smallest absolute Gasteiger partial charge is 0.180 e. The van der Waals surface area contributed by atoms with Gasteiger partial charge in [-0.1, -0.05) is 31.2 Å². The molecule has 1 heterocycles. The van der Waals surface area contributed by atoms with E-state index < -0.39 is 9.84 Å². The summed E-state index contributed by atoms with van der Waals surface area (Å²) < 4.78 is 22.9. The van der Waals surface area contributed by atoms with Crippen LogP contribution in [0.5, 0.6) is 0 Å². The molecule has 0 saturated carbocycles. The number of nitrogen functional groups attached to an aromatic ring is 1. The molecule has 100 valence electrons. The number of hydrogen-bond acceptors (Lipinski definition) is 5. The Balaban J connectivity index is 2.44. The van der Waals surface area contributed by atoms with E-state index in [0.717, 1.165) is 18.2 Å². The maximum Gasteiger partial charge on any atom is 0.180 e. The van der Waals surface area contributed by atoms with Gasteiger partial charge >= 0.3 is 0 Å². The lowest BCUT2D eigenvalue weighted by molar-refractivity contribution is 0.601. The molecular formula is C13H15N3O2S. The summed E-state index contributed by atoms with van der Waals surface area (Å²) in [7, 11) is -3.39. The molecule has 1 aromatic carbocycles. The fourth-order valence-electron chi connectivity index (χ4n) is 1.70. The van der Waals surface area contributed by atoms with Crippen molar-refractivity contribution in [2.75, 3.05) is 12.0 Å². The lowest BCUT2D eigenvalue weighted by Gasteiger charge is -2.05. The fraction of sp³-hybridized carbons (Fsp3) is 0.231. The van der Waals surface area contributed by atoms with Crippen molar-refractivity contribution in [3.8, 4) is 11.4 Å². The van der Waals surface area contributed by atoms with Crippen LogP contribution in [0.1, 0.15) is 12.5 Å². The average molecular weight is 277 g/mol. The molecule has 2 rings (SSSR count). The quantitative estimate of drug-likeness (QED) is 0.922. The van der Waals surface area contributed by atoms with Crippen LogP contribution >= 0.6 is 0 Å². The normalized spacial score (nSPS) is 11.5. The average Bonchev–Trinajstić information content (AvgIpc) is 2.37. The maximum atomic E-state index is 11.4. The number of hydrogen-bond donors (Lipinski definition) is 1. The van der Waals surface area contributed by atoms with Crippen molar-refractivity contribution >= 4 is 15.7 Å². The summed E-state index contributed by atoms with van der Waals surface area (Å²) in [4.78, 5) is 8.07. The third kappa shape index (κ3) is 2.90. The van der Waals surface area contributed by atoms with Crippen LogP contribution in [0.4, 0.5) is 5.82 Å². The second kappa shape index (κ2) is 4.97. The number of benzene rings is 1. The van der Waals surface area contributed by atoms with Crippen molar-refractivity contribution in [2.24, 2.45) is 0 Å². The molecule has 0 spiro atoms. The van der Waals surface area contributed by atoms with Gasteiger partial charge in [0.15, 0.2) is 15.7 Å². The number of sulfone groups is 1. The van der Waals surface area contributed by atoms with Gasteiger partial charge in [0.25, 0.3) is 0 Å². The first-order chi connectivity index (χ1) is 8.91. The highest BCUT2D eigenvalue weighted by Gasteiger charge is 2.14. The zero-order valence-corrected chi connectivity index (χ0v) is 11.6. The van der Waals surface area contributed by atoms with Crippen LogP contribution < -0.4 is 5.73 Å². The van der Waals surface area contributed by atoms with Crippen molar-refractivity contribution in [3.63, 3.8) is 0 Å². The monoisotopic (exact) mass is 277 g/mol. The number of anilines is 1. The van der Waals surface area contributed by atoms with Gasteiger partial charge in [-0.15, -0.1) is 0 Å². The first-order valence-electron chi connectivity index (χ1n) is 5.83. The summed E-state index contributed by atoms with van der Waals surface area (Å²) >= 11 is 0.